The Morgan fingerprint density at radius 3 is 1.46 bits per heavy atom. The van der Waals surface area contributed by atoms with E-state index in [-0.39, 0.29) is 48.4 Å². The number of benzene rings is 3. The first-order chi connectivity index (χ1) is 31.4. The van der Waals surface area contributed by atoms with Crippen LogP contribution in [0.25, 0.3) is 0 Å². The minimum Gasteiger partial charge on any atom is -0.493 e. The van der Waals surface area contributed by atoms with Gasteiger partial charge in [-0.1, -0.05) is 0 Å². The van der Waals surface area contributed by atoms with E-state index >= 15 is 0 Å². The number of azo groups is 1. The highest BCUT2D eigenvalue weighted by Gasteiger charge is 2.24. The largest absolute Gasteiger partial charge is 0.493 e. The Kier molecular flexibility index (Phi) is 26.7. The van der Waals surface area contributed by atoms with Gasteiger partial charge in [0.25, 0.3) is 5.69 Å². The second-order valence-electron chi connectivity index (χ2n) is 14.0. The quantitative estimate of drug-likeness (QED) is 0.0343. The van der Waals surface area contributed by atoms with Gasteiger partial charge in [-0.15, -0.1) is 0 Å². The maximum atomic E-state index is 12.6. The summed E-state index contributed by atoms with van der Waals surface area (Å²) in [6.45, 7) is 7.46. The lowest BCUT2D eigenvalue weighted by Gasteiger charge is -2.17. The number of amides is 1. The number of methoxy groups -OCH3 is 2. The van der Waals surface area contributed by atoms with Crippen molar-refractivity contribution in [2.45, 2.75) is 24.3 Å². The molecule has 1 amide bonds. The van der Waals surface area contributed by atoms with Gasteiger partial charge in [0, 0.05) is 32.7 Å². The summed E-state index contributed by atoms with van der Waals surface area (Å²) in [4.78, 5) is 25.5. The molecule has 0 aliphatic heterocycles. The van der Waals surface area contributed by atoms with Gasteiger partial charge in [-0.05, 0) is 61.5 Å². The second-order valence-corrected chi connectivity index (χ2v) is 15.7. The van der Waals surface area contributed by atoms with Crippen LogP contribution in [0, 0.1) is 10.1 Å². The van der Waals surface area contributed by atoms with Crippen LogP contribution < -0.4 is 24.4 Å². The number of sulfonamides is 1. The topological polar surface area (TPSA) is 239 Å². The molecule has 362 valence electrons. The van der Waals surface area contributed by atoms with Crippen LogP contribution in [0.2, 0.25) is 0 Å². The molecule has 0 saturated heterocycles. The van der Waals surface area contributed by atoms with Crippen LogP contribution in [0.5, 0.6) is 11.5 Å². The molecular formula is C43H64N6O15S. The van der Waals surface area contributed by atoms with Gasteiger partial charge >= 0.3 is 0 Å². The molecular weight excluding hydrogens is 873 g/mol. The van der Waals surface area contributed by atoms with Crippen LogP contribution >= 0.6 is 0 Å². The lowest BCUT2D eigenvalue weighted by Crippen LogP contribution is -2.28. The van der Waals surface area contributed by atoms with Crippen molar-refractivity contribution in [3.05, 3.63) is 76.3 Å². The average molecular weight is 937 g/mol. The summed E-state index contributed by atoms with van der Waals surface area (Å²) in [5, 5.41) is 22.7. The van der Waals surface area contributed by atoms with Gasteiger partial charge in [0.05, 0.1) is 159 Å². The Balaban J connectivity index is 1.04. The fraction of sp³-hybridized carbons (Fsp3) is 0.558. The van der Waals surface area contributed by atoms with Crippen molar-refractivity contribution in [1.29, 1.82) is 0 Å². The number of nitrogens with one attached hydrogen (secondary N) is 2. The van der Waals surface area contributed by atoms with E-state index in [2.05, 4.69) is 20.3 Å². The molecule has 3 aromatic rings. The summed E-state index contributed by atoms with van der Waals surface area (Å²) in [6.07, 6.45) is 0.0749. The molecule has 0 aliphatic carbocycles. The highest BCUT2D eigenvalue weighted by molar-refractivity contribution is 7.89. The van der Waals surface area contributed by atoms with E-state index in [0.717, 1.165) is 5.69 Å². The predicted octanol–water partition coefficient (Wildman–Crippen LogP) is 4.77. The fourth-order valence-electron chi connectivity index (χ4n) is 5.54. The number of nitrogens with zero attached hydrogens (tertiary/aromatic N) is 4. The zero-order chi connectivity index (χ0) is 47.1. The molecule has 0 bridgehead atoms. The van der Waals surface area contributed by atoms with Crippen molar-refractivity contribution >= 4 is 38.7 Å². The van der Waals surface area contributed by atoms with Crippen LogP contribution in [0.3, 0.4) is 0 Å². The van der Waals surface area contributed by atoms with E-state index in [1.165, 1.54) is 38.5 Å². The highest BCUT2D eigenvalue weighted by Crippen LogP contribution is 2.37. The van der Waals surface area contributed by atoms with Crippen molar-refractivity contribution in [2.75, 3.05) is 145 Å². The van der Waals surface area contributed by atoms with Gasteiger partial charge in [0.15, 0.2) is 11.5 Å². The SMILES string of the molecule is COc1cc(C(C)NC(=O)CCOCCOCCOCCOCCOCCOCCOCCOCCNS(=O)(=O)c2ccc(/N=N/c3ccc(N(C)C)cc3)cc2)c([N+](=O)[O-])cc1OC. The maximum Gasteiger partial charge on any atom is 0.278 e. The minimum absolute atomic E-state index is 0.0749. The number of nitro groups is 1. The molecule has 3 aromatic carbocycles. The highest BCUT2D eigenvalue weighted by atomic mass is 32.2. The van der Waals surface area contributed by atoms with E-state index < -0.39 is 21.0 Å². The number of ether oxygens (including phenoxy) is 10. The molecule has 0 aliphatic rings. The van der Waals surface area contributed by atoms with Crippen molar-refractivity contribution < 1.29 is 65.5 Å². The molecule has 0 radical (unpaired) electrons. The van der Waals surface area contributed by atoms with Crippen molar-refractivity contribution in [2.24, 2.45) is 10.2 Å². The zero-order valence-electron chi connectivity index (χ0n) is 37.9. The second kappa shape index (κ2) is 31.9. The Bertz CT molecular complexity index is 1940. The molecule has 0 spiro atoms. The summed E-state index contributed by atoms with van der Waals surface area (Å²) in [5.74, 6) is 0.230. The van der Waals surface area contributed by atoms with Crippen molar-refractivity contribution in [1.82, 2.24) is 10.0 Å². The first kappa shape index (κ1) is 54.5. The summed E-state index contributed by atoms with van der Waals surface area (Å²) >= 11 is 0. The zero-order valence-corrected chi connectivity index (χ0v) is 38.7. The Morgan fingerprint density at radius 1 is 0.646 bits per heavy atom. The van der Waals surface area contributed by atoms with E-state index in [9.17, 15) is 23.3 Å². The van der Waals surface area contributed by atoms with Crippen LogP contribution in [-0.4, -0.2) is 160 Å². The lowest BCUT2D eigenvalue weighted by molar-refractivity contribution is -0.385. The summed E-state index contributed by atoms with van der Waals surface area (Å²) < 4.78 is 82.0. The van der Waals surface area contributed by atoms with Crippen molar-refractivity contribution in [3.63, 3.8) is 0 Å². The van der Waals surface area contributed by atoms with Gasteiger partial charge in [-0.3, -0.25) is 14.9 Å². The van der Waals surface area contributed by atoms with Gasteiger partial charge in [0.2, 0.25) is 15.9 Å². The van der Waals surface area contributed by atoms with Crippen LogP contribution in [0.4, 0.5) is 22.7 Å². The molecule has 22 heteroatoms. The average Bonchev–Trinajstić information content (AvgIpc) is 3.30. The van der Waals surface area contributed by atoms with Crippen LogP contribution in [-0.2, 0) is 52.7 Å². The molecule has 0 heterocycles. The molecule has 65 heavy (non-hydrogen) atoms. The predicted molar refractivity (Wildman–Crippen MR) is 241 cm³/mol. The van der Waals surface area contributed by atoms with E-state index in [0.29, 0.717) is 115 Å². The molecule has 2 N–H and O–H groups in total. The molecule has 1 unspecified atom stereocenters. The number of carbonyl (C=O) groups excluding carboxylic acids is 1. The first-order valence-electron chi connectivity index (χ1n) is 21.1. The number of nitro benzene ring substituents is 1. The van der Waals surface area contributed by atoms with E-state index in [1.54, 1.807) is 19.1 Å². The molecule has 0 saturated carbocycles. The smallest absolute Gasteiger partial charge is 0.278 e. The third kappa shape index (κ3) is 22.2. The Morgan fingerprint density at radius 2 is 1.05 bits per heavy atom. The Labute approximate surface area is 381 Å². The van der Waals surface area contributed by atoms with Gasteiger partial charge in [-0.2, -0.15) is 10.2 Å². The normalized spacial score (nSPS) is 12.1. The van der Waals surface area contributed by atoms with Gasteiger partial charge < -0.3 is 57.6 Å². The van der Waals surface area contributed by atoms with Gasteiger partial charge in [0.1, 0.15) is 0 Å². The molecule has 21 nitrogen and oxygen atoms in total. The van der Waals surface area contributed by atoms with Crippen LogP contribution in [0.15, 0.2) is 75.8 Å². The molecule has 0 aromatic heterocycles. The number of hydrogen-bond acceptors (Lipinski definition) is 18. The third-order valence-electron chi connectivity index (χ3n) is 8.98. The number of rotatable bonds is 37. The summed E-state index contributed by atoms with van der Waals surface area (Å²) in [6, 6.07) is 15.9. The molecule has 3 rings (SSSR count). The Hall–Kier alpha value is -4.88. The monoisotopic (exact) mass is 936 g/mol. The lowest BCUT2D eigenvalue weighted by atomic mass is 10.0. The number of hydrogen-bond donors (Lipinski definition) is 2. The molecule has 1 atom stereocenters. The summed E-state index contributed by atoms with van der Waals surface area (Å²) in [5.41, 5.74) is 2.39. The summed E-state index contributed by atoms with van der Waals surface area (Å²) in [7, 11) is 3.03. The van der Waals surface area contributed by atoms with Gasteiger partial charge in [-0.25, -0.2) is 13.1 Å². The molecule has 0 fully saturated rings. The van der Waals surface area contributed by atoms with E-state index in [1.807, 2.05) is 43.3 Å². The minimum atomic E-state index is -3.70. The first-order valence-corrected chi connectivity index (χ1v) is 22.5. The van der Waals surface area contributed by atoms with Crippen LogP contribution in [0.1, 0.15) is 24.9 Å². The number of carbonyl (C=O) groups is 1. The third-order valence-corrected chi connectivity index (χ3v) is 10.5. The van der Waals surface area contributed by atoms with E-state index in [4.69, 9.17) is 47.4 Å². The standard InChI is InChI=1S/C43H64N6O15S/c1-34(39-32-41(55-4)42(56-5)33-40(39)49(51)52)45-43(50)14-16-57-18-20-59-22-24-61-26-28-63-30-31-64-29-27-62-25-23-60-21-19-58-17-15-44-65(53,54)38-12-8-36(9-13-38)47-46-35-6-10-37(11-7-35)48(2)3/h6-13,32-34,44H,14-31H2,1-5H3,(H,45,50)/b47-46+. The fourth-order valence-corrected chi connectivity index (χ4v) is 6.56. The maximum absolute atomic E-state index is 12.6. The number of anilines is 1. The van der Waals surface area contributed by atoms with Crippen molar-refractivity contribution in [3.8, 4) is 11.5 Å².